The predicted molar refractivity (Wildman–Crippen MR) is 80.5 cm³/mol. The second kappa shape index (κ2) is 6.50. The molecule has 0 fully saturated rings. The minimum Gasteiger partial charge on any atom is -0.496 e. The highest BCUT2D eigenvalue weighted by Gasteiger charge is 2.18. The number of halogens is 2. The van der Waals surface area contributed by atoms with E-state index < -0.39 is 0 Å². The van der Waals surface area contributed by atoms with Gasteiger partial charge in [0.2, 0.25) is 0 Å². The Balaban J connectivity index is 2.27. The topological polar surface area (TPSA) is 21.3 Å². The maximum Gasteiger partial charge on any atom is 0.137 e. The Morgan fingerprint density at radius 1 is 1.42 bits per heavy atom. The summed E-state index contributed by atoms with van der Waals surface area (Å²) in [6.45, 7) is 0. The van der Waals surface area contributed by atoms with Gasteiger partial charge in [-0.05, 0) is 52.5 Å². The normalized spacial score (nSPS) is 12.4. The van der Waals surface area contributed by atoms with Gasteiger partial charge in [-0.1, -0.05) is 12.1 Å². The fourth-order valence-electron chi connectivity index (χ4n) is 1.98. The van der Waals surface area contributed by atoms with E-state index in [1.54, 1.807) is 24.5 Å². The first-order valence-corrected chi connectivity index (χ1v) is 7.56. The molecule has 2 nitrogen and oxygen atoms in total. The quantitative estimate of drug-likeness (QED) is 0.879. The van der Waals surface area contributed by atoms with Crippen molar-refractivity contribution in [1.82, 2.24) is 5.32 Å². The molecule has 1 atom stereocenters. The molecule has 0 aliphatic rings. The molecule has 1 aromatic heterocycles. The van der Waals surface area contributed by atoms with Crippen molar-refractivity contribution in [1.29, 1.82) is 0 Å². The maximum atomic E-state index is 13.5. The Hall–Kier alpha value is -0.910. The SMILES string of the molecule is CNC(Cc1cccc(F)c1Br)c1sccc1OC. The Morgan fingerprint density at radius 3 is 2.89 bits per heavy atom. The third kappa shape index (κ3) is 3.16. The Bertz CT molecular complexity index is 558. The molecule has 0 spiro atoms. The first-order chi connectivity index (χ1) is 9.17. The Labute approximate surface area is 124 Å². The summed E-state index contributed by atoms with van der Waals surface area (Å²) in [6.07, 6.45) is 0.700. The summed E-state index contributed by atoms with van der Waals surface area (Å²) in [5.41, 5.74) is 0.940. The molecule has 19 heavy (non-hydrogen) atoms. The number of hydrogen-bond acceptors (Lipinski definition) is 3. The fourth-order valence-corrected chi connectivity index (χ4v) is 3.38. The average molecular weight is 344 g/mol. The Kier molecular flexibility index (Phi) is 4.96. The molecule has 0 amide bonds. The highest BCUT2D eigenvalue weighted by molar-refractivity contribution is 9.10. The van der Waals surface area contributed by atoms with Crippen molar-refractivity contribution >= 4 is 27.3 Å². The molecular weight excluding hydrogens is 329 g/mol. The minimum atomic E-state index is -0.231. The van der Waals surface area contributed by atoms with Crippen LogP contribution in [0.4, 0.5) is 4.39 Å². The number of ether oxygens (including phenoxy) is 1. The number of rotatable bonds is 5. The first kappa shape index (κ1) is 14.5. The van der Waals surface area contributed by atoms with Gasteiger partial charge in [0.25, 0.3) is 0 Å². The molecule has 2 rings (SSSR count). The molecule has 1 unspecified atom stereocenters. The lowest BCUT2D eigenvalue weighted by atomic mass is 10.0. The van der Waals surface area contributed by atoms with Crippen LogP contribution >= 0.6 is 27.3 Å². The second-order valence-corrected chi connectivity index (χ2v) is 5.85. The number of thiophene rings is 1. The predicted octanol–water partition coefficient (Wildman–Crippen LogP) is 4.16. The van der Waals surface area contributed by atoms with Crippen molar-refractivity contribution in [2.45, 2.75) is 12.5 Å². The van der Waals surface area contributed by atoms with E-state index in [0.29, 0.717) is 10.9 Å². The molecule has 0 aliphatic heterocycles. The first-order valence-electron chi connectivity index (χ1n) is 5.89. The average Bonchev–Trinajstić information content (AvgIpc) is 2.88. The van der Waals surface area contributed by atoms with Gasteiger partial charge in [-0.15, -0.1) is 11.3 Å². The number of methoxy groups -OCH3 is 1. The zero-order valence-electron chi connectivity index (χ0n) is 10.7. The van der Waals surface area contributed by atoms with Crippen molar-refractivity contribution in [3.63, 3.8) is 0 Å². The van der Waals surface area contributed by atoms with Crippen LogP contribution in [0.1, 0.15) is 16.5 Å². The standard InChI is InChI=1S/C14H15BrFNOS/c1-17-11(14-12(18-2)6-7-19-14)8-9-4-3-5-10(16)13(9)15/h3-7,11,17H,8H2,1-2H3. The smallest absolute Gasteiger partial charge is 0.137 e. The highest BCUT2D eigenvalue weighted by Crippen LogP contribution is 2.34. The minimum absolute atomic E-state index is 0.105. The fraction of sp³-hybridized carbons (Fsp3) is 0.286. The van der Waals surface area contributed by atoms with Gasteiger partial charge >= 0.3 is 0 Å². The van der Waals surface area contributed by atoms with Gasteiger partial charge in [0.1, 0.15) is 11.6 Å². The van der Waals surface area contributed by atoms with Crippen LogP contribution in [-0.4, -0.2) is 14.2 Å². The molecule has 1 aromatic carbocycles. The van der Waals surface area contributed by atoms with Gasteiger partial charge in [0.15, 0.2) is 0 Å². The van der Waals surface area contributed by atoms with E-state index in [1.165, 1.54) is 6.07 Å². The van der Waals surface area contributed by atoms with E-state index in [-0.39, 0.29) is 11.9 Å². The third-order valence-electron chi connectivity index (χ3n) is 3.00. The molecule has 5 heteroatoms. The van der Waals surface area contributed by atoms with Crippen molar-refractivity contribution in [2.24, 2.45) is 0 Å². The van der Waals surface area contributed by atoms with E-state index in [1.807, 2.05) is 24.6 Å². The van der Waals surface area contributed by atoms with Crippen LogP contribution in [0, 0.1) is 5.82 Å². The molecule has 1 heterocycles. The van der Waals surface area contributed by atoms with Crippen molar-refractivity contribution < 1.29 is 9.13 Å². The molecule has 0 radical (unpaired) electrons. The lowest BCUT2D eigenvalue weighted by molar-refractivity contribution is 0.405. The molecule has 0 saturated carbocycles. The molecule has 0 bridgehead atoms. The van der Waals surface area contributed by atoms with Crippen LogP contribution in [0.2, 0.25) is 0 Å². The number of likely N-dealkylation sites (N-methyl/N-ethyl adjacent to an activating group) is 1. The van der Waals surface area contributed by atoms with E-state index in [0.717, 1.165) is 16.2 Å². The van der Waals surface area contributed by atoms with E-state index in [2.05, 4.69) is 21.2 Å². The number of hydrogen-bond donors (Lipinski definition) is 1. The lowest BCUT2D eigenvalue weighted by Crippen LogP contribution is -2.18. The summed E-state index contributed by atoms with van der Waals surface area (Å²) < 4.78 is 19.4. The zero-order valence-corrected chi connectivity index (χ0v) is 13.1. The summed E-state index contributed by atoms with van der Waals surface area (Å²) in [6, 6.07) is 7.16. The number of benzene rings is 1. The molecule has 0 aliphatic carbocycles. The summed E-state index contributed by atoms with van der Waals surface area (Å²) in [5, 5.41) is 5.26. The van der Waals surface area contributed by atoms with Gasteiger partial charge in [0, 0.05) is 6.04 Å². The maximum absolute atomic E-state index is 13.5. The van der Waals surface area contributed by atoms with Crippen molar-refractivity contribution in [3.05, 3.63) is 50.4 Å². The van der Waals surface area contributed by atoms with Crippen LogP contribution in [0.25, 0.3) is 0 Å². The monoisotopic (exact) mass is 343 g/mol. The van der Waals surface area contributed by atoms with E-state index in [4.69, 9.17) is 4.74 Å². The van der Waals surface area contributed by atoms with Crippen LogP contribution < -0.4 is 10.1 Å². The van der Waals surface area contributed by atoms with Crippen molar-refractivity contribution in [2.75, 3.05) is 14.2 Å². The Morgan fingerprint density at radius 2 is 2.21 bits per heavy atom. The summed E-state index contributed by atoms with van der Waals surface area (Å²) in [5.74, 6) is 0.641. The zero-order chi connectivity index (χ0) is 13.8. The molecule has 0 saturated heterocycles. The summed E-state index contributed by atoms with van der Waals surface area (Å²) >= 11 is 4.95. The molecule has 2 aromatic rings. The van der Waals surface area contributed by atoms with Crippen molar-refractivity contribution in [3.8, 4) is 5.75 Å². The van der Waals surface area contributed by atoms with E-state index in [9.17, 15) is 4.39 Å². The van der Waals surface area contributed by atoms with Gasteiger partial charge < -0.3 is 10.1 Å². The number of nitrogens with one attached hydrogen (secondary N) is 1. The molecule has 102 valence electrons. The highest BCUT2D eigenvalue weighted by atomic mass is 79.9. The van der Waals surface area contributed by atoms with Crippen LogP contribution in [0.5, 0.6) is 5.75 Å². The lowest BCUT2D eigenvalue weighted by Gasteiger charge is -2.17. The summed E-state index contributed by atoms with van der Waals surface area (Å²) in [4.78, 5) is 1.13. The van der Waals surface area contributed by atoms with Gasteiger partial charge in [-0.25, -0.2) is 4.39 Å². The van der Waals surface area contributed by atoms with Gasteiger partial charge in [-0.3, -0.25) is 0 Å². The van der Waals surface area contributed by atoms with Gasteiger partial charge in [-0.2, -0.15) is 0 Å². The largest absolute Gasteiger partial charge is 0.496 e. The summed E-state index contributed by atoms with van der Waals surface area (Å²) in [7, 11) is 3.56. The van der Waals surface area contributed by atoms with Crippen LogP contribution in [-0.2, 0) is 6.42 Å². The van der Waals surface area contributed by atoms with Gasteiger partial charge in [0.05, 0.1) is 16.5 Å². The van der Waals surface area contributed by atoms with Crippen LogP contribution in [0.3, 0.4) is 0 Å². The molecular formula is C14H15BrFNOS. The van der Waals surface area contributed by atoms with Crippen LogP contribution in [0.15, 0.2) is 34.1 Å². The molecule has 1 N–H and O–H groups in total. The second-order valence-electron chi connectivity index (χ2n) is 4.11. The third-order valence-corrected chi connectivity index (χ3v) is 4.90. The van der Waals surface area contributed by atoms with E-state index >= 15 is 0 Å².